The van der Waals surface area contributed by atoms with Gasteiger partial charge in [0.1, 0.15) is 0 Å². The van der Waals surface area contributed by atoms with Crippen molar-refractivity contribution in [1.29, 1.82) is 0 Å². The van der Waals surface area contributed by atoms with Crippen molar-refractivity contribution in [3.05, 3.63) is 156 Å². The van der Waals surface area contributed by atoms with Crippen LogP contribution in [0.4, 0.5) is 0 Å². The van der Waals surface area contributed by atoms with Crippen LogP contribution in [0.2, 0.25) is 0 Å². The number of hydrogen-bond donors (Lipinski definition) is 0. The molecule has 2 aromatic heterocycles. The van der Waals surface area contributed by atoms with E-state index < -0.39 is 0 Å². The molecular weight excluding hydrogens is 593 g/mol. The topological polar surface area (TPSA) is 0 Å². The van der Waals surface area contributed by atoms with Gasteiger partial charge in [-0.2, -0.15) is 0 Å². The van der Waals surface area contributed by atoms with E-state index in [9.17, 15) is 0 Å². The van der Waals surface area contributed by atoms with E-state index in [0.29, 0.717) is 0 Å². The summed E-state index contributed by atoms with van der Waals surface area (Å²) in [5, 5.41) is 19.9. The molecule has 214 valence electrons. The van der Waals surface area contributed by atoms with Gasteiger partial charge in [0.15, 0.2) is 0 Å². The van der Waals surface area contributed by atoms with Crippen LogP contribution >= 0.6 is 22.7 Å². The van der Waals surface area contributed by atoms with Crippen LogP contribution in [0.25, 0.3) is 96.6 Å². The molecule has 0 fully saturated rings. The normalized spacial score (nSPS) is 11.9. The third-order valence-corrected chi connectivity index (χ3v) is 11.5. The molecule has 8 aromatic carbocycles. The van der Waals surface area contributed by atoms with Gasteiger partial charge < -0.3 is 0 Å². The van der Waals surface area contributed by atoms with Crippen molar-refractivity contribution >= 4 is 87.3 Å². The zero-order chi connectivity index (χ0) is 30.2. The Labute approximate surface area is 274 Å². The van der Waals surface area contributed by atoms with Crippen molar-refractivity contribution in [2.75, 3.05) is 0 Å². The Balaban J connectivity index is 1.06. The Morgan fingerprint density at radius 1 is 0.261 bits per heavy atom. The molecule has 0 nitrogen and oxygen atoms in total. The van der Waals surface area contributed by atoms with Crippen molar-refractivity contribution in [3.63, 3.8) is 0 Å². The SMILES string of the molecule is c1ccc2cc3cc4cc(-c5ccsc5-c5sccc5-c5ccc6cc7cc8ccccc8cc7cc6c5)ccc4cc3cc2c1. The summed E-state index contributed by atoms with van der Waals surface area (Å²) in [5.41, 5.74) is 5.13. The lowest BCUT2D eigenvalue weighted by atomic mass is 9.95. The van der Waals surface area contributed by atoms with E-state index in [1.807, 2.05) is 22.7 Å². The van der Waals surface area contributed by atoms with Crippen molar-refractivity contribution in [2.45, 2.75) is 0 Å². The lowest BCUT2D eigenvalue weighted by Gasteiger charge is -2.10. The molecule has 2 heterocycles. The summed E-state index contributed by atoms with van der Waals surface area (Å²) in [5.74, 6) is 0. The molecule has 0 aliphatic rings. The number of fused-ring (bicyclic) bond motifs is 6. The molecular formula is C44H26S2. The zero-order valence-electron chi connectivity index (χ0n) is 24.8. The Morgan fingerprint density at radius 3 is 0.935 bits per heavy atom. The van der Waals surface area contributed by atoms with E-state index in [2.05, 4.69) is 156 Å². The highest BCUT2D eigenvalue weighted by atomic mass is 32.1. The minimum atomic E-state index is 1.26. The Hall–Kier alpha value is -5.28. The highest BCUT2D eigenvalue weighted by Crippen LogP contribution is 2.46. The molecule has 0 amide bonds. The average molecular weight is 619 g/mol. The molecule has 0 bridgehead atoms. The fourth-order valence-corrected chi connectivity index (χ4v) is 9.17. The monoisotopic (exact) mass is 618 g/mol. The molecule has 0 saturated carbocycles. The van der Waals surface area contributed by atoms with E-state index >= 15 is 0 Å². The Morgan fingerprint density at radius 2 is 0.565 bits per heavy atom. The maximum absolute atomic E-state index is 2.37. The van der Waals surface area contributed by atoms with Gasteiger partial charge in [0.25, 0.3) is 0 Å². The molecule has 10 rings (SSSR count). The molecule has 0 saturated heterocycles. The first-order chi connectivity index (χ1) is 22.7. The van der Waals surface area contributed by atoms with Crippen molar-refractivity contribution in [3.8, 4) is 32.0 Å². The van der Waals surface area contributed by atoms with Crippen molar-refractivity contribution < 1.29 is 0 Å². The van der Waals surface area contributed by atoms with Gasteiger partial charge in [0.2, 0.25) is 0 Å². The summed E-state index contributed by atoms with van der Waals surface area (Å²) >= 11 is 3.67. The third-order valence-electron chi connectivity index (χ3n) is 9.48. The lowest BCUT2D eigenvalue weighted by Crippen LogP contribution is -1.84. The number of thiophene rings is 2. The van der Waals surface area contributed by atoms with Gasteiger partial charge in [0.05, 0.1) is 9.75 Å². The first kappa shape index (κ1) is 26.0. The van der Waals surface area contributed by atoms with Crippen LogP contribution in [-0.4, -0.2) is 0 Å². The van der Waals surface area contributed by atoms with E-state index in [4.69, 9.17) is 0 Å². The van der Waals surface area contributed by atoms with Crippen LogP contribution in [0.3, 0.4) is 0 Å². The molecule has 0 aliphatic heterocycles. The van der Waals surface area contributed by atoms with Crippen LogP contribution in [0, 0.1) is 0 Å². The van der Waals surface area contributed by atoms with Gasteiger partial charge >= 0.3 is 0 Å². The quantitative estimate of drug-likeness (QED) is 0.173. The van der Waals surface area contributed by atoms with Gasteiger partial charge in [-0.1, -0.05) is 72.8 Å². The molecule has 0 radical (unpaired) electrons. The predicted molar refractivity (Wildman–Crippen MR) is 204 cm³/mol. The standard InChI is InChI=1S/C44H26S2/c1-3-7-29-19-39-25-35-23-33(11-9-31(35)21-37(39)17-27(29)5-1)41-13-15-45-43(41)44-42(14-16-46-44)34-12-10-32-22-38-18-28-6-2-4-8-30(28)20-40(38)26-36(32)24-34/h1-26H. The minimum Gasteiger partial charge on any atom is -0.142 e. The van der Waals surface area contributed by atoms with Crippen LogP contribution in [-0.2, 0) is 0 Å². The molecule has 46 heavy (non-hydrogen) atoms. The van der Waals surface area contributed by atoms with E-state index in [1.165, 1.54) is 96.6 Å². The summed E-state index contributed by atoms with van der Waals surface area (Å²) < 4.78 is 0. The maximum Gasteiger partial charge on any atom is 0.0527 e. The van der Waals surface area contributed by atoms with Gasteiger partial charge in [0, 0.05) is 11.1 Å². The molecule has 0 aliphatic carbocycles. The third kappa shape index (κ3) is 4.19. The van der Waals surface area contributed by atoms with Crippen LogP contribution in [0.15, 0.2) is 156 Å². The fraction of sp³-hybridized carbons (Fsp3) is 0. The molecule has 10 aromatic rings. The smallest absolute Gasteiger partial charge is 0.0527 e. The maximum atomic E-state index is 2.37. The largest absolute Gasteiger partial charge is 0.142 e. The molecule has 0 spiro atoms. The second kappa shape index (κ2) is 10.1. The Bertz CT molecular complexity index is 2620. The van der Waals surface area contributed by atoms with E-state index in [-0.39, 0.29) is 0 Å². The minimum absolute atomic E-state index is 1.26. The van der Waals surface area contributed by atoms with Crippen molar-refractivity contribution in [2.24, 2.45) is 0 Å². The number of rotatable bonds is 3. The number of hydrogen-bond acceptors (Lipinski definition) is 2. The summed E-state index contributed by atoms with van der Waals surface area (Å²) in [6.45, 7) is 0. The zero-order valence-corrected chi connectivity index (χ0v) is 26.5. The second-order valence-electron chi connectivity index (χ2n) is 12.2. The lowest BCUT2D eigenvalue weighted by molar-refractivity contribution is 1.71. The number of benzene rings is 8. The first-order valence-electron chi connectivity index (χ1n) is 15.6. The predicted octanol–water partition coefficient (Wildman–Crippen LogP) is 13.7. The Kier molecular flexibility index (Phi) is 5.72. The summed E-state index contributed by atoms with van der Waals surface area (Å²) in [7, 11) is 0. The van der Waals surface area contributed by atoms with Crippen LogP contribution < -0.4 is 0 Å². The van der Waals surface area contributed by atoms with Gasteiger partial charge in [-0.15, -0.1) is 22.7 Å². The first-order valence-corrected chi connectivity index (χ1v) is 17.4. The highest BCUT2D eigenvalue weighted by Gasteiger charge is 2.17. The van der Waals surface area contributed by atoms with Crippen molar-refractivity contribution in [1.82, 2.24) is 0 Å². The summed E-state index contributed by atoms with van der Waals surface area (Å²) in [4.78, 5) is 2.67. The highest BCUT2D eigenvalue weighted by molar-refractivity contribution is 7.21. The van der Waals surface area contributed by atoms with Crippen LogP contribution in [0.1, 0.15) is 0 Å². The summed E-state index contributed by atoms with van der Waals surface area (Å²) in [6.07, 6.45) is 0. The average Bonchev–Trinajstić information content (AvgIpc) is 3.78. The molecule has 0 unspecified atom stereocenters. The summed E-state index contributed by atoms with van der Waals surface area (Å²) in [6, 6.07) is 54.3. The van der Waals surface area contributed by atoms with Crippen LogP contribution in [0.5, 0.6) is 0 Å². The van der Waals surface area contributed by atoms with Gasteiger partial charge in [-0.05, 0) is 159 Å². The van der Waals surface area contributed by atoms with E-state index in [1.54, 1.807) is 0 Å². The molecule has 2 heteroatoms. The van der Waals surface area contributed by atoms with E-state index in [0.717, 1.165) is 0 Å². The van der Waals surface area contributed by atoms with Gasteiger partial charge in [-0.3, -0.25) is 0 Å². The fourth-order valence-electron chi connectivity index (χ4n) is 7.14. The molecule has 0 N–H and O–H groups in total. The second-order valence-corrected chi connectivity index (χ2v) is 14.1. The molecule has 0 atom stereocenters. The van der Waals surface area contributed by atoms with Gasteiger partial charge in [-0.25, -0.2) is 0 Å².